The number of carbonyl (C=O) groups excluding carboxylic acids is 3. The Morgan fingerprint density at radius 2 is 1.74 bits per heavy atom. The predicted octanol–water partition coefficient (Wildman–Crippen LogP) is 4.02. The van der Waals surface area contributed by atoms with Gasteiger partial charge in [0.1, 0.15) is 22.8 Å². The van der Waals surface area contributed by atoms with E-state index >= 15 is 0 Å². The van der Waals surface area contributed by atoms with Crippen LogP contribution in [0.2, 0.25) is 0 Å². The molecular weight excluding hydrogens is 486 g/mol. The molecule has 0 radical (unpaired) electrons. The van der Waals surface area contributed by atoms with E-state index in [1.807, 2.05) is 49.4 Å². The molecule has 1 aliphatic heterocycles. The van der Waals surface area contributed by atoms with Crippen LogP contribution in [0.15, 0.2) is 54.6 Å². The van der Waals surface area contributed by atoms with Crippen LogP contribution < -0.4 is 10.1 Å². The Morgan fingerprint density at radius 1 is 1.03 bits per heavy atom. The summed E-state index contributed by atoms with van der Waals surface area (Å²) in [7, 11) is 1.54. The molecule has 1 unspecified atom stereocenters. The highest BCUT2D eigenvalue weighted by molar-refractivity contribution is 6.07. The number of ether oxygens (including phenoxy) is 2. The van der Waals surface area contributed by atoms with Crippen LogP contribution in [-0.4, -0.2) is 77.1 Å². The van der Waals surface area contributed by atoms with Gasteiger partial charge in [0.05, 0.1) is 25.1 Å². The van der Waals surface area contributed by atoms with Gasteiger partial charge in [-0.1, -0.05) is 42.5 Å². The molecule has 1 aliphatic rings. The lowest BCUT2D eigenvalue weighted by Gasteiger charge is -2.39. The van der Waals surface area contributed by atoms with Crippen molar-refractivity contribution in [1.29, 1.82) is 0 Å². The number of hydrogen-bond acceptors (Lipinski definition) is 7. The van der Waals surface area contributed by atoms with E-state index in [4.69, 9.17) is 9.47 Å². The maximum absolute atomic E-state index is 13.8. The van der Waals surface area contributed by atoms with Crippen LogP contribution in [-0.2, 0) is 4.74 Å². The van der Waals surface area contributed by atoms with Crippen LogP contribution in [0.4, 0.5) is 10.5 Å². The summed E-state index contributed by atoms with van der Waals surface area (Å²) in [5, 5.41) is 2.89. The highest BCUT2D eigenvalue weighted by Crippen LogP contribution is 2.27. The van der Waals surface area contributed by atoms with Gasteiger partial charge in [0, 0.05) is 31.2 Å². The summed E-state index contributed by atoms with van der Waals surface area (Å²) >= 11 is 0. The quantitative estimate of drug-likeness (QED) is 0.491. The molecule has 4 rings (SSSR count). The van der Waals surface area contributed by atoms with Crippen LogP contribution in [0.25, 0.3) is 11.3 Å². The summed E-state index contributed by atoms with van der Waals surface area (Å²) in [6, 6.07) is 15.8. The summed E-state index contributed by atoms with van der Waals surface area (Å²) in [5.74, 6) is -0.143. The van der Waals surface area contributed by atoms with Crippen molar-refractivity contribution in [3.8, 4) is 17.0 Å². The van der Waals surface area contributed by atoms with E-state index in [0.29, 0.717) is 35.1 Å². The van der Waals surface area contributed by atoms with Crippen molar-refractivity contribution in [3.05, 3.63) is 71.7 Å². The molecule has 2 aromatic carbocycles. The van der Waals surface area contributed by atoms with E-state index < -0.39 is 11.9 Å². The topological polar surface area (TPSA) is 114 Å². The number of amides is 3. The number of aromatic nitrogens is 2. The van der Waals surface area contributed by atoms with E-state index in [2.05, 4.69) is 15.3 Å². The van der Waals surface area contributed by atoms with E-state index in [1.54, 1.807) is 42.9 Å². The van der Waals surface area contributed by atoms with Crippen molar-refractivity contribution >= 4 is 23.6 Å². The number of para-hydroxylation sites is 2. The van der Waals surface area contributed by atoms with Crippen LogP contribution in [0, 0.1) is 6.92 Å². The molecule has 1 atom stereocenters. The first-order valence-electron chi connectivity index (χ1n) is 12.4. The molecule has 10 heteroatoms. The fourth-order valence-electron chi connectivity index (χ4n) is 4.46. The van der Waals surface area contributed by atoms with Gasteiger partial charge in [-0.25, -0.2) is 19.6 Å². The van der Waals surface area contributed by atoms with Gasteiger partial charge in [-0.05, 0) is 32.9 Å². The number of nitrogens with one attached hydrogen (secondary N) is 1. The first-order chi connectivity index (χ1) is 18.3. The van der Waals surface area contributed by atoms with Gasteiger partial charge >= 0.3 is 12.0 Å². The van der Waals surface area contributed by atoms with Crippen LogP contribution >= 0.6 is 0 Å². The Bertz CT molecular complexity index is 1330. The second kappa shape index (κ2) is 11.7. The molecule has 1 aromatic heterocycles. The zero-order chi connectivity index (χ0) is 27.2. The fraction of sp³-hybridized carbons (Fsp3) is 0.321. The van der Waals surface area contributed by atoms with Crippen molar-refractivity contribution in [2.45, 2.75) is 26.8 Å². The Morgan fingerprint density at radius 3 is 2.42 bits per heavy atom. The molecule has 0 bridgehead atoms. The SMILES string of the molecule is CCOC(=O)c1c(C(=O)N2CCN(C(=O)Nc3ccccc3OC)C(C)C2)nc(C)nc1-c1ccccc1. The first kappa shape index (κ1) is 26.6. The van der Waals surface area contributed by atoms with Gasteiger partial charge in [0.15, 0.2) is 0 Å². The molecule has 0 aliphatic carbocycles. The lowest BCUT2D eigenvalue weighted by atomic mass is 10.0. The van der Waals surface area contributed by atoms with Gasteiger partial charge in [-0.2, -0.15) is 0 Å². The summed E-state index contributed by atoms with van der Waals surface area (Å²) in [5.41, 5.74) is 1.63. The molecule has 1 fully saturated rings. The van der Waals surface area contributed by atoms with Gasteiger partial charge in [0.2, 0.25) is 0 Å². The maximum atomic E-state index is 13.8. The molecule has 38 heavy (non-hydrogen) atoms. The van der Waals surface area contributed by atoms with E-state index in [0.717, 1.165) is 0 Å². The number of piperazine rings is 1. The molecular formula is C28H31N5O5. The predicted molar refractivity (Wildman–Crippen MR) is 142 cm³/mol. The summed E-state index contributed by atoms with van der Waals surface area (Å²) in [6.07, 6.45) is 0. The average Bonchev–Trinajstić information content (AvgIpc) is 2.92. The Kier molecular flexibility index (Phi) is 8.20. The standard InChI is InChI=1S/C28H31N5O5/c1-5-38-27(35)23-24(20-11-7-6-8-12-20)29-19(3)30-25(23)26(34)32-15-16-33(18(2)17-32)28(36)31-21-13-9-10-14-22(21)37-4/h6-14,18H,5,15-17H2,1-4H3,(H,31,36). The molecule has 3 aromatic rings. The number of urea groups is 1. The monoisotopic (exact) mass is 517 g/mol. The minimum atomic E-state index is -0.655. The van der Waals surface area contributed by atoms with Gasteiger partial charge < -0.3 is 24.6 Å². The highest BCUT2D eigenvalue weighted by Gasteiger charge is 2.34. The smallest absolute Gasteiger partial charge is 0.342 e. The molecule has 1 N–H and O–H groups in total. The molecule has 0 saturated carbocycles. The zero-order valence-electron chi connectivity index (χ0n) is 21.9. The minimum Gasteiger partial charge on any atom is -0.495 e. The van der Waals surface area contributed by atoms with Crippen molar-refractivity contribution in [2.75, 3.05) is 38.7 Å². The maximum Gasteiger partial charge on any atom is 0.342 e. The number of anilines is 1. The van der Waals surface area contributed by atoms with Gasteiger partial charge in [-0.3, -0.25) is 4.79 Å². The van der Waals surface area contributed by atoms with Crippen LogP contribution in [0.1, 0.15) is 40.5 Å². The summed E-state index contributed by atoms with van der Waals surface area (Å²) in [6.45, 7) is 6.24. The largest absolute Gasteiger partial charge is 0.495 e. The normalized spacial score (nSPS) is 15.1. The zero-order valence-corrected chi connectivity index (χ0v) is 21.9. The third kappa shape index (κ3) is 5.59. The Balaban J connectivity index is 1.58. The van der Waals surface area contributed by atoms with Crippen LogP contribution in [0.3, 0.4) is 0 Å². The second-order valence-corrected chi connectivity index (χ2v) is 8.85. The molecule has 10 nitrogen and oxygen atoms in total. The lowest BCUT2D eigenvalue weighted by molar-refractivity contribution is 0.0505. The van der Waals surface area contributed by atoms with Crippen LogP contribution in [0.5, 0.6) is 5.75 Å². The van der Waals surface area contributed by atoms with Gasteiger partial charge in [0.25, 0.3) is 5.91 Å². The number of rotatable bonds is 6. The number of carbonyl (C=O) groups is 3. The van der Waals surface area contributed by atoms with E-state index in [1.165, 1.54) is 0 Å². The molecule has 1 saturated heterocycles. The fourth-order valence-corrected chi connectivity index (χ4v) is 4.46. The lowest BCUT2D eigenvalue weighted by Crippen LogP contribution is -2.56. The number of benzene rings is 2. The average molecular weight is 518 g/mol. The molecule has 2 heterocycles. The number of hydrogen-bond donors (Lipinski definition) is 1. The number of methoxy groups -OCH3 is 1. The van der Waals surface area contributed by atoms with Crippen molar-refractivity contribution < 1.29 is 23.9 Å². The number of aryl methyl sites for hydroxylation is 1. The summed E-state index contributed by atoms with van der Waals surface area (Å²) in [4.78, 5) is 52.0. The first-order valence-corrected chi connectivity index (χ1v) is 12.4. The Labute approximate surface area is 221 Å². The van der Waals surface area contributed by atoms with Crippen molar-refractivity contribution in [1.82, 2.24) is 19.8 Å². The summed E-state index contributed by atoms with van der Waals surface area (Å²) < 4.78 is 10.6. The van der Waals surface area contributed by atoms with Crippen molar-refractivity contribution in [3.63, 3.8) is 0 Å². The number of esters is 1. The van der Waals surface area contributed by atoms with E-state index in [-0.39, 0.29) is 43.0 Å². The minimum absolute atomic E-state index is 0.00562. The molecule has 0 spiro atoms. The number of nitrogens with zero attached hydrogens (tertiary/aromatic N) is 4. The van der Waals surface area contributed by atoms with Crippen molar-refractivity contribution in [2.24, 2.45) is 0 Å². The van der Waals surface area contributed by atoms with E-state index in [9.17, 15) is 14.4 Å². The third-order valence-electron chi connectivity index (χ3n) is 6.27. The highest BCUT2D eigenvalue weighted by atomic mass is 16.5. The van der Waals surface area contributed by atoms with Gasteiger partial charge in [-0.15, -0.1) is 0 Å². The Hall–Kier alpha value is -4.47. The molecule has 198 valence electrons. The molecule has 3 amide bonds. The third-order valence-corrected chi connectivity index (χ3v) is 6.27. The second-order valence-electron chi connectivity index (χ2n) is 8.85.